The summed E-state index contributed by atoms with van der Waals surface area (Å²) in [7, 11) is 1.63. The second-order valence-corrected chi connectivity index (χ2v) is 7.94. The topological polar surface area (TPSA) is 65.4 Å². The van der Waals surface area contributed by atoms with Crippen LogP contribution >= 0.6 is 11.6 Å². The Morgan fingerprint density at radius 1 is 1.00 bits per heavy atom. The first-order valence-electron chi connectivity index (χ1n) is 10.4. The molecule has 0 aliphatic carbocycles. The van der Waals surface area contributed by atoms with Gasteiger partial charge in [-0.05, 0) is 80.1 Å². The Morgan fingerprint density at radius 2 is 1.73 bits per heavy atom. The highest BCUT2D eigenvalue weighted by Crippen LogP contribution is 2.23. The lowest BCUT2D eigenvalue weighted by Gasteiger charge is -2.10. The molecule has 0 aliphatic rings. The first-order valence-corrected chi connectivity index (χ1v) is 10.8. The molecule has 3 aromatic carbocycles. The number of ether oxygens (including phenoxy) is 2. The minimum absolute atomic E-state index is 0.198. The van der Waals surface area contributed by atoms with Gasteiger partial charge in [0.1, 0.15) is 18.1 Å². The van der Waals surface area contributed by atoms with E-state index in [-0.39, 0.29) is 5.91 Å². The molecule has 0 unspecified atom stereocenters. The van der Waals surface area contributed by atoms with Gasteiger partial charge in [-0.3, -0.25) is 4.79 Å². The number of carbonyl (C=O) groups is 1. The molecule has 168 valence electrons. The standard InChI is InChI=1S/C26H24ClN3O3/c1-17-25(27)18(2)30(29-17)22-11-9-21(10-12-22)28-26(31)20-7-13-23(14-8-20)33-16-19-5-4-6-24(15-19)32-3/h4-15H,16H2,1-3H3,(H,28,31). The van der Waals surface area contributed by atoms with E-state index in [1.807, 2.05) is 62.4 Å². The van der Waals surface area contributed by atoms with Crippen LogP contribution in [0.15, 0.2) is 72.8 Å². The minimum Gasteiger partial charge on any atom is -0.497 e. The highest BCUT2D eigenvalue weighted by molar-refractivity contribution is 6.31. The van der Waals surface area contributed by atoms with E-state index in [0.717, 1.165) is 28.4 Å². The van der Waals surface area contributed by atoms with E-state index in [4.69, 9.17) is 21.1 Å². The summed E-state index contributed by atoms with van der Waals surface area (Å²) in [5.41, 5.74) is 4.76. The maximum atomic E-state index is 12.6. The number of rotatable bonds is 7. The second-order valence-electron chi connectivity index (χ2n) is 7.56. The Bertz CT molecular complexity index is 1270. The van der Waals surface area contributed by atoms with Gasteiger partial charge in [-0.25, -0.2) is 4.68 Å². The highest BCUT2D eigenvalue weighted by Gasteiger charge is 2.11. The largest absolute Gasteiger partial charge is 0.497 e. The predicted octanol–water partition coefficient (Wildman–Crippen LogP) is 5.98. The van der Waals surface area contributed by atoms with Crippen molar-refractivity contribution in [1.29, 1.82) is 0 Å². The molecule has 1 amide bonds. The number of benzene rings is 3. The fourth-order valence-electron chi connectivity index (χ4n) is 3.40. The molecule has 7 heteroatoms. The van der Waals surface area contributed by atoms with E-state index < -0.39 is 0 Å². The van der Waals surface area contributed by atoms with Gasteiger partial charge in [0, 0.05) is 11.3 Å². The van der Waals surface area contributed by atoms with E-state index in [1.54, 1.807) is 36.1 Å². The number of aryl methyl sites for hydroxylation is 1. The lowest BCUT2D eigenvalue weighted by molar-refractivity contribution is 0.102. The zero-order valence-corrected chi connectivity index (χ0v) is 19.4. The number of amides is 1. The van der Waals surface area contributed by atoms with Gasteiger partial charge >= 0.3 is 0 Å². The van der Waals surface area contributed by atoms with Crippen molar-refractivity contribution in [2.24, 2.45) is 0 Å². The van der Waals surface area contributed by atoms with Crippen molar-refractivity contribution in [3.05, 3.63) is 100 Å². The molecule has 0 aliphatic heterocycles. The van der Waals surface area contributed by atoms with Gasteiger partial charge in [-0.15, -0.1) is 0 Å². The summed E-state index contributed by atoms with van der Waals surface area (Å²) in [5.74, 6) is 1.27. The number of nitrogens with one attached hydrogen (secondary N) is 1. The molecule has 33 heavy (non-hydrogen) atoms. The number of nitrogens with zero attached hydrogens (tertiary/aromatic N) is 2. The lowest BCUT2D eigenvalue weighted by atomic mass is 10.2. The maximum Gasteiger partial charge on any atom is 0.255 e. The number of aromatic nitrogens is 2. The normalized spacial score (nSPS) is 10.7. The van der Waals surface area contributed by atoms with Gasteiger partial charge in [0.15, 0.2) is 0 Å². The molecule has 1 aromatic heterocycles. The van der Waals surface area contributed by atoms with Gasteiger partial charge in [-0.2, -0.15) is 5.10 Å². The second kappa shape index (κ2) is 9.79. The summed E-state index contributed by atoms with van der Waals surface area (Å²) in [5, 5.41) is 8.01. The molecule has 0 saturated heterocycles. The number of hydrogen-bond donors (Lipinski definition) is 1. The number of carbonyl (C=O) groups excluding carboxylic acids is 1. The third-order valence-electron chi connectivity index (χ3n) is 5.23. The van der Waals surface area contributed by atoms with Crippen molar-refractivity contribution in [2.45, 2.75) is 20.5 Å². The van der Waals surface area contributed by atoms with Crippen LogP contribution in [0, 0.1) is 13.8 Å². The summed E-state index contributed by atoms with van der Waals surface area (Å²) in [6.07, 6.45) is 0. The average molecular weight is 462 g/mol. The molecule has 1 heterocycles. The van der Waals surface area contributed by atoms with Crippen LogP contribution in [0.5, 0.6) is 11.5 Å². The van der Waals surface area contributed by atoms with Crippen LogP contribution in [0.2, 0.25) is 5.02 Å². The Hall–Kier alpha value is -3.77. The van der Waals surface area contributed by atoms with Crippen molar-refractivity contribution in [2.75, 3.05) is 12.4 Å². The van der Waals surface area contributed by atoms with Crippen LogP contribution < -0.4 is 14.8 Å². The number of anilines is 1. The van der Waals surface area contributed by atoms with Gasteiger partial charge in [0.25, 0.3) is 5.91 Å². The van der Waals surface area contributed by atoms with Gasteiger partial charge < -0.3 is 14.8 Å². The molecule has 1 N–H and O–H groups in total. The predicted molar refractivity (Wildman–Crippen MR) is 130 cm³/mol. The molecule has 6 nitrogen and oxygen atoms in total. The fraction of sp³-hybridized carbons (Fsp3) is 0.154. The highest BCUT2D eigenvalue weighted by atomic mass is 35.5. The van der Waals surface area contributed by atoms with Crippen LogP contribution in [-0.2, 0) is 6.61 Å². The van der Waals surface area contributed by atoms with Crippen molar-refractivity contribution >= 4 is 23.2 Å². The summed E-state index contributed by atoms with van der Waals surface area (Å²) >= 11 is 6.24. The number of halogens is 1. The summed E-state index contributed by atoms with van der Waals surface area (Å²) in [6.45, 7) is 4.20. The summed E-state index contributed by atoms with van der Waals surface area (Å²) in [6, 6.07) is 22.2. The molecular weight excluding hydrogens is 438 g/mol. The number of hydrogen-bond acceptors (Lipinski definition) is 4. The average Bonchev–Trinajstić information content (AvgIpc) is 3.11. The summed E-state index contributed by atoms with van der Waals surface area (Å²) < 4.78 is 12.8. The molecule has 0 spiro atoms. The van der Waals surface area contributed by atoms with Crippen LogP contribution in [0.4, 0.5) is 5.69 Å². The van der Waals surface area contributed by atoms with Crippen molar-refractivity contribution in [3.8, 4) is 17.2 Å². The molecular formula is C26H24ClN3O3. The zero-order chi connectivity index (χ0) is 23.4. The van der Waals surface area contributed by atoms with Crippen molar-refractivity contribution in [1.82, 2.24) is 9.78 Å². The Balaban J connectivity index is 1.36. The minimum atomic E-state index is -0.198. The third kappa shape index (κ3) is 5.18. The van der Waals surface area contributed by atoms with E-state index in [0.29, 0.717) is 28.6 Å². The molecule has 0 radical (unpaired) electrons. The quantitative estimate of drug-likeness (QED) is 0.367. The van der Waals surface area contributed by atoms with Crippen molar-refractivity contribution in [3.63, 3.8) is 0 Å². The summed E-state index contributed by atoms with van der Waals surface area (Å²) in [4.78, 5) is 12.6. The van der Waals surface area contributed by atoms with Crippen molar-refractivity contribution < 1.29 is 14.3 Å². The van der Waals surface area contributed by atoms with E-state index in [9.17, 15) is 4.79 Å². The molecule has 0 saturated carbocycles. The van der Waals surface area contributed by atoms with Crippen LogP contribution in [0.25, 0.3) is 5.69 Å². The molecule has 0 bridgehead atoms. The fourth-order valence-corrected chi connectivity index (χ4v) is 3.51. The van der Waals surface area contributed by atoms with E-state index in [2.05, 4.69) is 10.4 Å². The molecule has 0 fully saturated rings. The lowest BCUT2D eigenvalue weighted by Crippen LogP contribution is -2.12. The van der Waals surface area contributed by atoms with Gasteiger partial charge in [0.2, 0.25) is 0 Å². The van der Waals surface area contributed by atoms with Crippen LogP contribution in [-0.4, -0.2) is 22.8 Å². The van der Waals surface area contributed by atoms with Gasteiger partial charge in [0.05, 0.1) is 29.2 Å². The Labute approximate surface area is 197 Å². The van der Waals surface area contributed by atoms with Gasteiger partial charge in [-0.1, -0.05) is 23.7 Å². The zero-order valence-electron chi connectivity index (χ0n) is 18.6. The Kier molecular flexibility index (Phi) is 6.66. The third-order valence-corrected chi connectivity index (χ3v) is 5.78. The first kappa shape index (κ1) is 22.4. The van der Waals surface area contributed by atoms with Crippen LogP contribution in [0.3, 0.4) is 0 Å². The molecule has 0 atom stereocenters. The van der Waals surface area contributed by atoms with E-state index in [1.165, 1.54) is 0 Å². The maximum absolute atomic E-state index is 12.6. The molecule has 4 aromatic rings. The van der Waals surface area contributed by atoms with Crippen LogP contribution in [0.1, 0.15) is 27.3 Å². The first-order chi connectivity index (χ1) is 15.9. The Morgan fingerprint density at radius 3 is 2.36 bits per heavy atom. The molecule has 4 rings (SSSR count). The SMILES string of the molecule is COc1cccc(COc2ccc(C(=O)Nc3ccc(-n4nc(C)c(Cl)c4C)cc3)cc2)c1. The van der Waals surface area contributed by atoms with E-state index >= 15 is 0 Å². The monoisotopic (exact) mass is 461 g/mol. The smallest absolute Gasteiger partial charge is 0.255 e. The number of methoxy groups -OCH3 is 1.